The zero-order chi connectivity index (χ0) is 21.9. The number of rotatable bonds is 6. The molecule has 7 nitrogen and oxygen atoms in total. The molecule has 0 aliphatic carbocycles. The summed E-state index contributed by atoms with van der Waals surface area (Å²) in [6.45, 7) is 0.533. The Labute approximate surface area is 176 Å². The predicted octanol–water partition coefficient (Wildman–Crippen LogP) is 1.90. The number of carbonyl (C=O) groups excluding carboxylic acids is 1. The summed E-state index contributed by atoms with van der Waals surface area (Å²) in [5.74, 6) is -0.655. The molecule has 0 saturated carbocycles. The minimum Gasteiger partial charge on any atom is -0.496 e. The highest BCUT2D eigenvalue weighted by Gasteiger charge is 2.33. The van der Waals surface area contributed by atoms with Crippen LogP contribution in [-0.4, -0.2) is 63.8 Å². The van der Waals surface area contributed by atoms with Crippen LogP contribution in [0.15, 0.2) is 42.5 Å². The second-order valence-corrected chi connectivity index (χ2v) is 9.48. The molecule has 0 bridgehead atoms. The molecule has 0 aromatic heterocycles. The molecule has 1 saturated heterocycles. The minimum absolute atomic E-state index is 0.0704. The van der Waals surface area contributed by atoms with E-state index in [4.69, 9.17) is 4.74 Å². The maximum absolute atomic E-state index is 13.9. The molecule has 1 N–H and O–H groups in total. The van der Waals surface area contributed by atoms with Gasteiger partial charge in [0.2, 0.25) is 5.91 Å². The molecule has 2 aromatic carbocycles. The van der Waals surface area contributed by atoms with E-state index >= 15 is 0 Å². The number of benzene rings is 2. The van der Waals surface area contributed by atoms with Gasteiger partial charge in [-0.3, -0.25) is 4.79 Å². The average molecular weight is 436 g/mol. The van der Waals surface area contributed by atoms with Crippen molar-refractivity contribution in [2.75, 3.05) is 40.8 Å². The third-order valence-electron chi connectivity index (χ3n) is 5.18. The summed E-state index contributed by atoms with van der Waals surface area (Å²) in [5.41, 5.74) is 2.14. The van der Waals surface area contributed by atoms with E-state index in [1.807, 2.05) is 24.3 Å². The molecule has 0 radical (unpaired) electrons. The van der Waals surface area contributed by atoms with Crippen molar-refractivity contribution in [3.8, 4) is 16.9 Å². The topological polar surface area (TPSA) is 79.0 Å². The van der Waals surface area contributed by atoms with Gasteiger partial charge in [0.25, 0.3) is 10.2 Å². The molecule has 1 unspecified atom stereocenters. The lowest BCUT2D eigenvalue weighted by Gasteiger charge is -2.26. The van der Waals surface area contributed by atoms with Crippen molar-refractivity contribution in [3.63, 3.8) is 0 Å². The maximum atomic E-state index is 13.9. The van der Waals surface area contributed by atoms with Crippen LogP contribution in [0.4, 0.5) is 4.39 Å². The van der Waals surface area contributed by atoms with Gasteiger partial charge in [-0.05, 0) is 35.7 Å². The molecule has 1 aliphatic heterocycles. The minimum atomic E-state index is -3.65. The van der Waals surface area contributed by atoms with Gasteiger partial charge in [-0.15, -0.1) is 0 Å². The molecule has 1 aliphatic rings. The monoisotopic (exact) mass is 435 g/mol. The van der Waals surface area contributed by atoms with E-state index in [1.165, 1.54) is 37.6 Å². The van der Waals surface area contributed by atoms with Crippen molar-refractivity contribution in [3.05, 3.63) is 53.8 Å². The number of methoxy groups -OCH3 is 1. The molecule has 1 fully saturated rings. The number of amides is 1. The lowest BCUT2D eigenvalue weighted by molar-refractivity contribution is -0.124. The Kier molecular flexibility index (Phi) is 6.74. The summed E-state index contributed by atoms with van der Waals surface area (Å²) in [6.07, 6.45) is 0.307. The quantitative estimate of drug-likeness (QED) is 0.752. The Hall–Kier alpha value is -2.49. The molecule has 30 heavy (non-hydrogen) atoms. The average Bonchev–Trinajstić information content (AvgIpc) is 2.90. The highest BCUT2D eigenvalue weighted by Crippen LogP contribution is 2.34. The van der Waals surface area contributed by atoms with Crippen LogP contribution in [0, 0.1) is 11.7 Å². The van der Waals surface area contributed by atoms with E-state index in [0.29, 0.717) is 17.7 Å². The predicted molar refractivity (Wildman–Crippen MR) is 113 cm³/mol. The molecule has 162 valence electrons. The van der Waals surface area contributed by atoms with Crippen LogP contribution in [0.2, 0.25) is 0 Å². The van der Waals surface area contributed by atoms with Gasteiger partial charge in [0.15, 0.2) is 0 Å². The largest absolute Gasteiger partial charge is 0.496 e. The fourth-order valence-electron chi connectivity index (χ4n) is 3.58. The summed E-state index contributed by atoms with van der Waals surface area (Å²) in [4.78, 5) is 12.7. The molecule has 1 amide bonds. The van der Waals surface area contributed by atoms with Crippen LogP contribution in [-0.2, 0) is 21.4 Å². The highest BCUT2D eigenvalue weighted by molar-refractivity contribution is 7.86. The normalized spacial score (nSPS) is 18.2. The Morgan fingerprint density at radius 3 is 2.63 bits per heavy atom. The Balaban J connectivity index is 1.96. The van der Waals surface area contributed by atoms with Gasteiger partial charge >= 0.3 is 0 Å². The van der Waals surface area contributed by atoms with Crippen molar-refractivity contribution in [2.45, 2.75) is 6.42 Å². The van der Waals surface area contributed by atoms with Crippen LogP contribution >= 0.6 is 0 Å². The van der Waals surface area contributed by atoms with Crippen LogP contribution in [0.25, 0.3) is 11.1 Å². The van der Waals surface area contributed by atoms with E-state index in [0.717, 1.165) is 15.4 Å². The van der Waals surface area contributed by atoms with Gasteiger partial charge in [0, 0.05) is 39.3 Å². The van der Waals surface area contributed by atoms with E-state index in [-0.39, 0.29) is 25.5 Å². The first-order chi connectivity index (χ1) is 14.2. The summed E-state index contributed by atoms with van der Waals surface area (Å²) in [5, 5.41) is 2.80. The summed E-state index contributed by atoms with van der Waals surface area (Å²) in [7, 11) is 0.807. The lowest BCUT2D eigenvalue weighted by atomic mass is 9.91. The Morgan fingerprint density at radius 1 is 1.20 bits per heavy atom. The molecular formula is C21H26FN3O4S. The molecule has 2 aromatic rings. The van der Waals surface area contributed by atoms with Crippen LogP contribution in [0.3, 0.4) is 0 Å². The summed E-state index contributed by atoms with van der Waals surface area (Å²) in [6, 6.07) is 11.7. The van der Waals surface area contributed by atoms with Crippen molar-refractivity contribution >= 4 is 16.1 Å². The maximum Gasteiger partial charge on any atom is 0.281 e. The zero-order valence-electron chi connectivity index (χ0n) is 17.3. The number of ether oxygens (including phenoxy) is 1. The number of hydrogen-bond acceptors (Lipinski definition) is 4. The second kappa shape index (κ2) is 9.11. The summed E-state index contributed by atoms with van der Waals surface area (Å²) >= 11 is 0. The smallest absolute Gasteiger partial charge is 0.281 e. The molecule has 1 atom stereocenters. The van der Waals surface area contributed by atoms with Gasteiger partial charge in [-0.25, -0.2) is 4.39 Å². The second-order valence-electron chi connectivity index (χ2n) is 7.34. The van der Waals surface area contributed by atoms with E-state index in [2.05, 4.69) is 5.32 Å². The standard InChI is InChI=1S/C21H26FN3O4S/c1-24(2)30(27,28)25-11-10-23-21(26)16(14-25)12-15-6-4-5-7-18(15)19-13-17(22)8-9-20(19)29-3/h4-9,13,16H,10-12,14H2,1-3H3,(H,23,26). The first kappa shape index (κ1) is 22.2. The molecule has 3 rings (SSSR count). The Morgan fingerprint density at radius 2 is 1.93 bits per heavy atom. The first-order valence-corrected chi connectivity index (χ1v) is 11.0. The van der Waals surface area contributed by atoms with Crippen molar-refractivity contribution in [2.24, 2.45) is 5.92 Å². The third kappa shape index (κ3) is 4.63. The van der Waals surface area contributed by atoms with Gasteiger partial charge in [0.1, 0.15) is 11.6 Å². The lowest BCUT2D eigenvalue weighted by Crippen LogP contribution is -2.43. The van der Waals surface area contributed by atoms with Crippen LogP contribution in [0.1, 0.15) is 5.56 Å². The van der Waals surface area contributed by atoms with E-state index in [9.17, 15) is 17.6 Å². The van der Waals surface area contributed by atoms with Gasteiger partial charge in [-0.2, -0.15) is 17.0 Å². The van der Waals surface area contributed by atoms with Crippen molar-refractivity contribution < 1.29 is 22.3 Å². The fraction of sp³-hybridized carbons (Fsp3) is 0.381. The van der Waals surface area contributed by atoms with Gasteiger partial charge in [-0.1, -0.05) is 24.3 Å². The number of halogens is 1. The van der Waals surface area contributed by atoms with E-state index < -0.39 is 21.9 Å². The third-order valence-corrected chi connectivity index (χ3v) is 7.09. The Bertz CT molecular complexity index is 1030. The summed E-state index contributed by atoms with van der Waals surface area (Å²) < 4.78 is 47.0. The number of carbonyl (C=O) groups is 1. The number of hydrogen-bond donors (Lipinski definition) is 1. The molecule has 1 heterocycles. The van der Waals surface area contributed by atoms with Crippen LogP contribution < -0.4 is 10.1 Å². The van der Waals surface area contributed by atoms with Crippen molar-refractivity contribution in [1.82, 2.24) is 13.9 Å². The number of nitrogens with zero attached hydrogens (tertiary/aromatic N) is 2. The highest BCUT2D eigenvalue weighted by atomic mass is 32.2. The van der Waals surface area contributed by atoms with Gasteiger partial charge < -0.3 is 10.1 Å². The SMILES string of the molecule is COc1ccc(F)cc1-c1ccccc1CC1CN(S(=O)(=O)N(C)C)CCNC1=O. The zero-order valence-corrected chi connectivity index (χ0v) is 18.1. The first-order valence-electron chi connectivity index (χ1n) is 9.61. The molecular weight excluding hydrogens is 409 g/mol. The fourth-order valence-corrected chi connectivity index (χ4v) is 4.74. The van der Waals surface area contributed by atoms with Crippen LogP contribution in [0.5, 0.6) is 5.75 Å². The number of nitrogens with one attached hydrogen (secondary N) is 1. The molecule has 0 spiro atoms. The van der Waals surface area contributed by atoms with Crippen molar-refractivity contribution in [1.29, 1.82) is 0 Å². The van der Waals surface area contributed by atoms with E-state index in [1.54, 1.807) is 6.07 Å². The van der Waals surface area contributed by atoms with Gasteiger partial charge in [0.05, 0.1) is 13.0 Å². The molecule has 9 heteroatoms.